The number of aromatic nitrogens is 1. The fraction of sp³-hybridized carbons (Fsp3) is 0.214. The van der Waals surface area contributed by atoms with Gasteiger partial charge in [0, 0.05) is 31.0 Å². The molecule has 5 nitrogen and oxygen atoms in total. The highest BCUT2D eigenvalue weighted by Crippen LogP contribution is 2.26. The van der Waals surface area contributed by atoms with Crippen molar-refractivity contribution in [3.63, 3.8) is 0 Å². The quantitative estimate of drug-likeness (QED) is 0.676. The van der Waals surface area contributed by atoms with Crippen LogP contribution in [0.1, 0.15) is 24.1 Å². The van der Waals surface area contributed by atoms with Crippen molar-refractivity contribution < 1.29 is 4.92 Å². The lowest BCUT2D eigenvalue weighted by Crippen LogP contribution is -2.19. The second kappa shape index (κ2) is 6.45. The van der Waals surface area contributed by atoms with Crippen molar-refractivity contribution in [1.29, 1.82) is 0 Å². The topological polar surface area (TPSA) is 68.1 Å². The van der Waals surface area contributed by atoms with Crippen molar-refractivity contribution in [1.82, 2.24) is 10.3 Å². The number of nitrogens with one attached hydrogen (secondary N) is 1. The Labute approximate surface area is 121 Å². The van der Waals surface area contributed by atoms with Gasteiger partial charge in [-0.2, -0.15) is 0 Å². The monoisotopic (exact) mass is 291 g/mol. The van der Waals surface area contributed by atoms with E-state index < -0.39 is 4.92 Å². The van der Waals surface area contributed by atoms with Crippen molar-refractivity contribution >= 4 is 17.3 Å². The summed E-state index contributed by atoms with van der Waals surface area (Å²) in [7, 11) is 0. The van der Waals surface area contributed by atoms with Crippen LogP contribution in [0.5, 0.6) is 0 Å². The van der Waals surface area contributed by atoms with Gasteiger partial charge >= 0.3 is 0 Å². The van der Waals surface area contributed by atoms with Crippen LogP contribution in [0.4, 0.5) is 5.69 Å². The third-order valence-corrected chi connectivity index (χ3v) is 3.41. The lowest BCUT2D eigenvalue weighted by molar-refractivity contribution is -0.385. The number of hydrogen-bond acceptors (Lipinski definition) is 4. The predicted molar refractivity (Wildman–Crippen MR) is 77.6 cm³/mol. The summed E-state index contributed by atoms with van der Waals surface area (Å²) in [6.45, 7) is 2.30. The van der Waals surface area contributed by atoms with E-state index in [0.717, 1.165) is 5.56 Å². The molecular formula is C14H14ClN3O2. The van der Waals surface area contributed by atoms with Gasteiger partial charge in [0.15, 0.2) is 0 Å². The highest BCUT2D eigenvalue weighted by atomic mass is 35.5. The van der Waals surface area contributed by atoms with E-state index in [1.54, 1.807) is 24.5 Å². The number of benzene rings is 1. The maximum absolute atomic E-state index is 11.0. The molecule has 0 amide bonds. The first kappa shape index (κ1) is 14.4. The summed E-state index contributed by atoms with van der Waals surface area (Å²) in [5, 5.41) is 14.6. The fourth-order valence-corrected chi connectivity index (χ4v) is 2.13. The number of nitro benzene ring substituents is 1. The van der Waals surface area contributed by atoms with Crippen molar-refractivity contribution in [3.8, 4) is 0 Å². The SMILES string of the molecule is CC(NCc1c(Cl)cccc1[N+](=O)[O-])c1cccnc1. The van der Waals surface area contributed by atoms with E-state index in [9.17, 15) is 10.1 Å². The molecule has 104 valence electrons. The van der Waals surface area contributed by atoms with Crippen LogP contribution in [0, 0.1) is 10.1 Å². The van der Waals surface area contributed by atoms with Gasteiger partial charge in [0.1, 0.15) is 0 Å². The summed E-state index contributed by atoms with van der Waals surface area (Å²) in [6.07, 6.45) is 3.47. The Morgan fingerprint density at radius 1 is 1.40 bits per heavy atom. The number of pyridine rings is 1. The highest BCUT2D eigenvalue weighted by Gasteiger charge is 2.17. The molecule has 0 aliphatic rings. The molecule has 6 heteroatoms. The molecule has 0 aliphatic heterocycles. The Hall–Kier alpha value is -1.98. The van der Waals surface area contributed by atoms with Crippen LogP contribution in [0.2, 0.25) is 5.02 Å². The van der Waals surface area contributed by atoms with Gasteiger partial charge in [0.2, 0.25) is 0 Å². The van der Waals surface area contributed by atoms with Gasteiger partial charge < -0.3 is 5.32 Å². The van der Waals surface area contributed by atoms with Gasteiger partial charge in [-0.25, -0.2) is 0 Å². The smallest absolute Gasteiger partial charge is 0.275 e. The molecule has 2 aromatic rings. The van der Waals surface area contributed by atoms with Crippen LogP contribution < -0.4 is 5.32 Å². The minimum atomic E-state index is -0.419. The maximum Gasteiger partial charge on any atom is 0.275 e. The predicted octanol–water partition coefficient (Wildman–Crippen LogP) is 3.49. The van der Waals surface area contributed by atoms with E-state index in [0.29, 0.717) is 17.1 Å². The van der Waals surface area contributed by atoms with E-state index in [1.807, 2.05) is 19.1 Å². The minimum absolute atomic E-state index is 0.0274. The average molecular weight is 292 g/mol. The molecule has 1 atom stereocenters. The summed E-state index contributed by atoms with van der Waals surface area (Å²) in [5.74, 6) is 0. The highest BCUT2D eigenvalue weighted by molar-refractivity contribution is 6.31. The van der Waals surface area contributed by atoms with Crippen LogP contribution in [0.25, 0.3) is 0 Å². The Bertz CT molecular complexity index is 605. The van der Waals surface area contributed by atoms with Crippen LogP contribution in [0.15, 0.2) is 42.7 Å². The molecule has 20 heavy (non-hydrogen) atoms. The summed E-state index contributed by atoms with van der Waals surface area (Å²) in [4.78, 5) is 14.6. The van der Waals surface area contributed by atoms with Crippen LogP contribution in [-0.4, -0.2) is 9.91 Å². The first-order chi connectivity index (χ1) is 9.59. The second-order valence-electron chi connectivity index (χ2n) is 4.38. The Morgan fingerprint density at radius 2 is 2.20 bits per heavy atom. The van der Waals surface area contributed by atoms with E-state index >= 15 is 0 Å². The molecule has 2 rings (SSSR count). The van der Waals surface area contributed by atoms with Gasteiger partial charge in [-0.05, 0) is 24.6 Å². The standard InChI is InChI=1S/C14H14ClN3O2/c1-10(11-4-3-7-16-8-11)17-9-12-13(15)5-2-6-14(12)18(19)20/h2-8,10,17H,9H2,1H3. The van der Waals surface area contributed by atoms with E-state index in [4.69, 9.17) is 11.6 Å². The first-order valence-electron chi connectivity index (χ1n) is 6.14. The van der Waals surface area contributed by atoms with E-state index in [1.165, 1.54) is 6.07 Å². The second-order valence-corrected chi connectivity index (χ2v) is 4.79. The lowest BCUT2D eigenvalue weighted by atomic mass is 10.1. The molecule has 0 radical (unpaired) electrons. The summed E-state index contributed by atoms with van der Waals surface area (Å²) in [5.41, 5.74) is 1.54. The average Bonchev–Trinajstić information content (AvgIpc) is 2.46. The van der Waals surface area contributed by atoms with Gasteiger partial charge in [-0.3, -0.25) is 15.1 Å². The summed E-state index contributed by atoms with van der Waals surface area (Å²) >= 11 is 6.05. The molecule has 1 unspecified atom stereocenters. The molecule has 1 N–H and O–H groups in total. The van der Waals surface area contributed by atoms with Crippen molar-refractivity contribution in [3.05, 3.63) is 69.0 Å². The summed E-state index contributed by atoms with van der Waals surface area (Å²) < 4.78 is 0. The Kier molecular flexibility index (Phi) is 4.65. The van der Waals surface area contributed by atoms with Gasteiger partial charge in [0.25, 0.3) is 5.69 Å². The molecular weight excluding hydrogens is 278 g/mol. The number of rotatable bonds is 5. The largest absolute Gasteiger partial charge is 0.306 e. The number of nitro groups is 1. The van der Waals surface area contributed by atoms with Crippen molar-refractivity contribution in [2.24, 2.45) is 0 Å². The number of hydrogen-bond donors (Lipinski definition) is 1. The zero-order chi connectivity index (χ0) is 14.5. The molecule has 1 heterocycles. The van der Waals surface area contributed by atoms with Gasteiger partial charge in [-0.1, -0.05) is 23.7 Å². The first-order valence-corrected chi connectivity index (χ1v) is 6.52. The molecule has 0 bridgehead atoms. The molecule has 0 saturated carbocycles. The molecule has 1 aromatic carbocycles. The number of halogens is 1. The van der Waals surface area contributed by atoms with E-state index in [2.05, 4.69) is 10.3 Å². The zero-order valence-electron chi connectivity index (χ0n) is 10.9. The van der Waals surface area contributed by atoms with Crippen LogP contribution in [-0.2, 0) is 6.54 Å². The van der Waals surface area contributed by atoms with Crippen molar-refractivity contribution in [2.75, 3.05) is 0 Å². The molecule has 0 saturated heterocycles. The van der Waals surface area contributed by atoms with Crippen molar-refractivity contribution in [2.45, 2.75) is 19.5 Å². The lowest BCUT2D eigenvalue weighted by Gasteiger charge is -2.14. The Morgan fingerprint density at radius 3 is 2.85 bits per heavy atom. The zero-order valence-corrected chi connectivity index (χ0v) is 11.7. The minimum Gasteiger partial charge on any atom is -0.306 e. The molecule has 1 aromatic heterocycles. The van der Waals surface area contributed by atoms with Gasteiger partial charge in [0.05, 0.1) is 15.5 Å². The number of nitrogens with zero attached hydrogens (tertiary/aromatic N) is 2. The normalized spacial score (nSPS) is 12.1. The third kappa shape index (κ3) is 3.31. The molecule has 0 fully saturated rings. The van der Waals surface area contributed by atoms with E-state index in [-0.39, 0.29) is 11.7 Å². The molecule has 0 spiro atoms. The fourth-order valence-electron chi connectivity index (χ4n) is 1.90. The van der Waals surface area contributed by atoms with Crippen LogP contribution in [0.3, 0.4) is 0 Å². The third-order valence-electron chi connectivity index (χ3n) is 3.06. The maximum atomic E-state index is 11.0. The Balaban J connectivity index is 2.13. The van der Waals surface area contributed by atoms with Crippen LogP contribution >= 0.6 is 11.6 Å². The van der Waals surface area contributed by atoms with Gasteiger partial charge in [-0.15, -0.1) is 0 Å². The molecule has 0 aliphatic carbocycles. The summed E-state index contributed by atoms with van der Waals surface area (Å²) in [6, 6.07) is 8.52.